The molecule has 0 aliphatic rings. The molecule has 2 rings (SSSR count). The van der Waals surface area contributed by atoms with Crippen molar-refractivity contribution in [3.63, 3.8) is 0 Å². The van der Waals surface area contributed by atoms with Gasteiger partial charge in [0, 0.05) is 28.0 Å². The zero-order chi connectivity index (χ0) is 8.55. The molecule has 0 atom stereocenters. The summed E-state index contributed by atoms with van der Waals surface area (Å²) in [6.07, 6.45) is 0. The summed E-state index contributed by atoms with van der Waals surface area (Å²) in [6, 6.07) is 2.02. The van der Waals surface area contributed by atoms with Gasteiger partial charge in [0.15, 0.2) is 0 Å². The zero-order valence-electron chi connectivity index (χ0n) is 5.62. The number of hydrogen-bond donors (Lipinski definition) is 0. The first-order valence-electron chi connectivity index (χ1n) is 2.99. The average molecular weight is 404 g/mol. The van der Waals surface area contributed by atoms with Crippen LogP contribution in [-0.4, -0.2) is 10.2 Å². The highest BCUT2D eigenvalue weighted by molar-refractivity contribution is 14.1. The first-order valence-corrected chi connectivity index (χ1v) is 6.03. The predicted molar refractivity (Wildman–Crippen MR) is 63.0 cm³/mol. The van der Waals surface area contributed by atoms with Gasteiger partial charge in [-0.15, -0.1) is 21.5 Å². The molecule has 0 unspecified atom stereocenters. The van der Waals surface area contributed by atoms with Gasteiger partial charge in [0.05, 0.1) is 8.45 Å². The van der Waals surface area contributed by atoms with Crippen LogP contribution in [0.3, 0.4) is 0 Å². The Morgan fingerprint density at radius 3 is 2.67 bits per heavy atom. The molecule has 2 aromatic heterocycles. The fourth-order valence-corrected chi connectivity index (χ4v) is 2.38. The molecule has 0 saturated carbocycles. The van der Waals surface area contributed by atoms with Crippen LogP contribution >= 0.6 is 56.5 Å². The van der Waals surface area contributed by atoms with Gasteiger partial charge in [-0.25, -0.2) is 0 Å². The lowest BCUT2D eigenvalue weighted by molar-refractivity contribution is 0.537. The second kappa shape index (κ2) is 3.58. The lowest BCUT2D eigenvalue weighted by Gasteiger charge is -1.82. The molecule has 0 radical (unpaired) electrons. The van der Waals surface area contributed by atoms with Crippen LogP contribution in [0.25, 0.3) is 11.5 Å². The number of halogens is 2. The zero-order valence-corrected chi connectivity index (χ0v) is 10.8. The van der Waals surface area contributed by atoms with Crippen molar-refractivity contribution in [1.82, 2.24) is 10.2 Å². The topological polar surface area (TPSA) is 38.9 Å². The van der Waals surface area contributed by atoms with E-state index in [0.29, 0.717) is 9.79 Å². The van der Waals surface area contributed by atoms with Gasteiger partial charge < -0.3 is 4.42 Å². The summed E-state index contributed by atoms with van der Waals surface area (Å²) in [5, 5.41) is 9.66. The van der Waals surface area contributed by atoms with Crippen LogP contribution in [0.5, 0.6) is 0 Å². The van der Waals surface area contributed by atoms with Crippen molar-refractivity contribution in [1.29, 1.82) is 0 Å². The first kappa shape index (κ1) is 8.88. The molecule has 0 fully saturated rings. The lowest BCUT2D eigenvalue weighted by atomic mass is 10.3. The van der Waals surface area contributed by atoms with E-state index >= 15 is 0 Å². The monoisotopic (exact) mass is 404 g/mol. The van der Waals surface area contributed by atoms with Gasteiger partial charge in [-0.1, -0.05) is 0 Å². The summed E-state index contributed by atoms with van der Waals surface area (Å²) in [5.41, 5.74) is 1.000. The molecule has 62 valence electrons. The Morgan fingerprint density at radius 2 is 2.17 bits per heavy atom. The van der Waals surface area contributed by atoms with Crippen LogP contribution in [0.2, 0.25) is 0 Å². The molecule has 0 aromatic carbocycles. The third kappa shape index (κ3) is 1.79. The van der Waals surface area contributed by atoms with Crippen molar-refractivity contribution in [2.45, 2.75) is 0 Å². The molecule has 6 heteroatoms. The summed E-state index contributed by atoms with van der Waals surface area (Å²) in [7, 11) is 0. The second-order valence-electron chi connectivity index (χ2n) is 2.00. The van der Waals surface area contributed by atoms with Crippen LogP contribution < -0.4 is 0 Å². The lowest BCUT2D eigenvalue weighted by Crippen LogP contribution is -1.71. The minimum atomic E-state index is 0.573. The number of thiophene rings is 1. The normalized spacial score (nSPS) is 10.5. The van der Waals surface area contributed by atoms with Gasteiger partial charge in [0.2, 0.25) is 5.89 Å². The SMILES string of the molecule is Ic1nnc(-c2csc(I)c2)o1. The fraction of sp³-hybridized carbons (Fsp3) is 0. The quantitative estimate of drug-likeness (QED) is 0.687. The van der Waals surface area contributed by atoms with Crippen molar-refractivity contribution in [3.8, 4) is 11.5 Å². The predicted octanol–water partition coefficient (Wildman–Crippen LogP) is 3.01. The Morgan fingerprint density at radius 1 is 1.33 bits per heavy atom. The molecule has 12 heavy (non-hydrogen) atoms. The van der Waals surface area contributed by atoms with Gasteiger partial charge in [-0.3, -0.25) is 0 Å². The second-order valence-corrected chi connectivity index (χ2v) is 5.73. The minimum absolute atomic E-state index is 0.573. The molecule has 2 heterocycles. The Labute approximate surface area is 99.9 Å². The smallest absolute Gasteiger partial charge is 0.278 e. The summed E-state index contributed by atoms with van der Waals surface area (Å²) in [5.74, 6) is 0.596. The average Bonchev–Trinajstić information content (AvgIpc) is 2.58. The maximum atomic E-state index is 5.25. The van der Waals surface area contributed by atoms with Crippen molar-refractivity contribution >= 4 is 56.5 Å². The van der Waals surface area contributed by atoms with Crippen molar-refractivity contribution in [3.05, 3.63) is 18.2 Å². The maximum Gasteiger partial charge on any atom is 0.278 e. The molecular weight excluding hydrogens is 402 g/mol. The molecule has 0 bridgehead atoms. The van der Waals surface area contributed by atoms with E-state index in [1.54, 1.807) is 11.3 Å². The maximum absolute atomic E-state index is 5.25. The minimum Gasteiger partial charge on any atom is -0.412 e. The molecule has 0 saturated heterocycles. The third-order valence-electron chi connectivity index (χ3n) is 1.21. The molecule has 2 aromatic rings. The number of nitrogens with zero attached hydrogens (tertiary/aromatic N) is 2. The standard InChI is InChI=1S/C6H2I2N2OS/c7-4-1-3(2-12-4)5-9-10-6(8)11-5/h1-2H. The van der Waals surface area contributed by atoms with Crippen molar-refractivity contribution in [2.24, 2.45) is 0 Å². The Balaban J connectivity index is 2.43. The fourth-order valence-electron chi connectivity index (χ4n) is 0.744. The molecule has 0 aliphatic heterocycles. The van der Waals surface area contributed by atoms with Crippen molar-refractivity contribution in [2.75, 3.05) is 0 Å². The largest absolute Gasteiger partial charge is 0.412 e. The summed E-state index contributed by atoms with van der Waals surface area (Å²) in [6.45, 7) is 0. The summed E-state index contributed by atoms with van der Waals surface area (Å²) >= 11 is 5.92. The van der Waals surface area contributed by atoms with Gasteiger partial charge in [0.25, 0.3) is 3.90 Å². The van der Waals surface area contributed by atoms with Gasteiger partial charge in [-0.2, -0.15) is 0 Å². The van der Waals surface area contributed by atoms with E-state index in [-0.39, 0.29) is 0 Å². The molecule has 0 aliphatic carbocycles. The summed E-state index contributed by atoms with van der Waals surface area (Å²) < 4.78 is 7.04. The highest BCUT2D eigenvalue weighted by Crippen LogP contribution is 2.25. The van der Waals surface area contributed by atoms with Crippen LogP contribution in [0.1, 0.15) is 0 Å². The highest BCUT2D eigenvalue weighted by atomic mass is 127. The Bertz CT molecular complexity index is 359. The van der Waals surface area contributed by atoms with E-state index in [9.17, 15) is 0 Å². The molecule has 0 N–H and O–H groups in total. The van der Waals surface area contributed by atoms with E-state index in [1.165, 1.54) is 2.88 Å². The van der Waals surface area contributed by atoms with Crippen molar-refractivity contribution < 1.29 is 4.42 Å². The molecular formula is C6H2I2N2OS. The van der Waals surface area contributed by atoms with Crippen LogP contribution in [0.4, 0.5) is 0 Å². The van der Waals surface area contributed by atoms with E-state index in [2.05, 4.69) is 32.8 Å². The Hall–Kier alpha value is 0.300. The molecule has 0 spiro atoms. The van der Waals surface area contributed by atoms with E-state index in [0.717, 1.165) is 5.56 Å². The van der Waals surface area contributed by atoms with Gasteiger partial charge in [0.1, 0.15) is 0 Å². The summed E-state index contributed by atoms with van der Waals surface area (Å²) in [4.78, 5) is 0. The third-order valence-corrected chi connectivity index (χ3v) is 3.44. The van der Waals surface area contributed by atoms with Crippen LogP contribution in [-0.2, 0) is 0 Å². The van der Waals surface area contributed by atoms with E-state index in [4.69, 9.17) is 4.42 Å². The van der Waals surface area contributed by atoms with E-state index in [1.807, 2.05) is 34.0 Å². The molecule has 3 nitrogen and oxygen atoms in total. The van der Waals surface area contributed by atoms with Gasteiger partial charge in [-0.05, 0) is 28.7 Å². The first-order chi connectivity index (χ1) is 5.75. The van der Waals surface area contributed by atoms with Crippen LogP contribution in [0, 0.1) is 6.78 Å². The highest BCUT2D eigenvalue weighted by Gasteiger charge is 2.07. The number of aromatic nitrogens is 2. The van der Waals surface area contributed by atoms with E-state index < -0.39 is 0 Å². The number of hydrogen-bond acceptors (Lipinski definition) is 4. The molecule has 0 amide bonds. The van der Waals surface area contributed by atoms with Crippen LogP contribution in [0.15, 0.2) is 15.9 Å². The number of rotatable bonds is 1. The Kier molecular flexibility index (Phi) is 2.65. The van der Waals surface area contributed by atoms with Gasteiger partial charge >= 0.3 is 0 Å².